The van der Waals surface area contributed by atoms with Gasteiger partial charge >= 0.3 is 0 Å². The van der Waals surface area contributed by atoms with Crippen molar-refractivity contribution in [1.82, 2.24) is 10.2 Å². The standard InChI is InChI=1S/C13H19IN2/c1-10(11-3-5-12(14)6-4-11)15-13-7-8-16(2)9-13/h3-6,10,13,15H,7-9H2,1-2H3. The predicted molar refractivity (Wildman–Crippen MR) is 76.6 cm³/mol. The molecule has 3 heteroatoms. The Kier molecular flexibility index (Phi) is 4.21. The molecule has 1 N–H and O–H groups in total. The summed E-state index contributed by atoms with van der Waals surface area (Å²) in [5.41, 5.74) is 1.38. The van der Waals surface area contributed by atoms with E-state index in [-0.39, 0.29) is 0 Å². The molecule has 0 amide bonds. The Balaban J connectivity index is 1.92. The zero-order chi connectivity index (χ0) is 11.5. The minimum atomic E-state index is 0.452. The number of halogens is 1. The molecule has 1 fully saturated rings. The molecule has 2 nitrogen and oxygen atoms in total. The van der Waals surface area contributed by atoms with Crippen molar-refractivity contribution in [3.8, 4) is 0 Å². The molecule has 2 rings (SSSR count). The van der Waals surface area contributed by atoms with Crippen molar-refractivity contribution in [2.75, 3.05) is 20.1 Å². The second kappa shape index (κ2) is 5.47. The minimum absolute atomic E-state index is 0.452. The summed E-state index contributed by atoms with van der Waals surface area (Å²) in [6, 6.07) is 9.90. The summed E-state index contributed by atoms with van der Waals surface area (Å²) in [4.78, 5) is 2.39. The normalized spacial score (nSPS) is 23.6. The molecule has 0 aliphatic carbocycles. The summed E-state index contributed by atoms with van der Waals surface area (Å²) in [6.45, 7) is 4.65. The van der Waals surface area contributed by atoms with Gasteiger partial charge in [0.15, 0.2) is 0 Å². The highest BCUT2D eigenvalue weighted by Crippen LogP contribution is 2.17. The minimum Gasteiger partial charge on any atom is -0.306 e. The van der Waals surface area contributed by atoms with Gasteiger partial charge in [-0.2, -0.15) is 0 Å². The Bertz CT molecular complexity index is 336. The van der Waals surface area contributed by atoms with Crippen LogP contribution < -0.4 is 5.32 Å². The van der Waals surface area contributed by atoms with E-state index in [1.54, 1.807) is 0 Å². The second-order valence-corrected chi connectivity index (χ2v) is 5.93. The lowest BCUT2D eigenvalue weighted by molar-refractivity contribution is 0.387. The first kappa shape index (κ1) is 12.3. The van der Waals surface area contributed by atoms with E-state index in [1.807, 2.05) is 0 Å². The van der Waals surface area contributed by atoms with E-state index in [1.165, 1.54) is 28.6 Å². The highest BCUT2D eigenvalue weighted by molar-refractivity contribution is 14.1. The van der Waals surface area contributed by atoms with Crippen LogP contribution in [0.15, 0.2) is 24.3 Å². The molecule has 1 aliphatic heterocycles. The molecule has 0 bridgehead atoms. The maximum atomic E-state index is 3.70. The molecule has 2 unspecified atom stereocenters. The van der Waals surface area contributed by atoms with Crippen LogP contribution in [-0.4, -0.2) is 31.1 Å². The first-order chi connectivity index (χ1) is 7.65. The summed E-state index contributed by atoms with van der Waals surface area (Å²) < 4.78 is 1.30. The number of hydrogen-bond acceptors (Lipinski definition) is 2. The third-order valence-corrected chi connectivity index (χ3v) is 3.97. The van der Waals surface area contributed by atoms with Crippen molar-refractivity contribution in [2.24, 2.45) is 0 Å². The van der Waals surface area contributed by atoms with Gasteiger partial charge in [-0.15, -0.1) is 0 Å². The molecule has 1 heterocycles. The average molecular weight is 330 g/mol. The van der Waals surface area contributed by atoms with Crippen LogP contribution in [0, 0.1) is 3.57 Å². The van der Waals surface area contributed by atoms with Gasteiger partial charge in [0, 0.05) is 22.2 Å². The van der Waals surface area contributed by atoms with Gasteiger partial charge in [0.2, 0.25) is 0 Å². The van der Waals surface area contributed by atoms with E-state index in [9.17, 15) is 0 Å². The van der Waals surface area contributed by atoms with Crippen LogP contribution in [0.25, 0.3) is 0 Å². The van der Waals surface area contributed by atoms with Crippen molar-refractivity contribution in [3.63, 3.8) is 0 Å². The molecule has 88 valence electrons. The Morgan fingerprint density at radius 2 is 2.06 bits per heavy atom. The third kappa shape index (κ3) is 3.18. The maximum absolute atomic E-state index is 3.70. The van der Waals surface area contributed by atoms with Gasteiger partial charge in [0.25, 0.3) is 0 Å². The molecule has 0 spiro atoms. The second-order valence-electron chi connectivity index (χ2n) is 4.69. The van der Waals surface area contributed by atoms with E-state index < -0.39 is 0 Å². The number of hydrogen-bond donors (Lipinski definition) is 1. The fraction of sp³-hybridized carbons (Fsp3) is 0.538. The molecule has 1 aromatic carbocycles. The molecule has 1 saturated heterocycles. The van der Waals surface area contributed by atoms with Crippen LogP contribution in [0.3, 0.4) is 0 Å². The number of nitrogens with zero attached hydrogens (tertiary/aromatic N) is 1. The monoisotopic (exact) mass is 330 g/mol. The number of benzene rings is 1. The number of likely N-dealkylation sites (tertiary alicyclic amines) is 1. The van der Waals surface area contributed by atoms with E-state index in [4.69, 9.17) is 0 Å². The van der Waals surface area contributed by atoms with Gasteiger partial charge in [-0.3, -0.25) is 0 Å². The fourth-order valence-corrected chi connectivity index (χ4v) is 2.63. The number of nitrogens with one attached hydrogen (secondary N) is 1. The SMILES string of the molecule is CC(NC1CCN(C)C1)c1ccc(I)cc1. The Morgan fingerprint density at radius 1 is 1.38 bits per heavy atom. The molecule has 16 heavy (non-hydrogen) atoms. The van der Waals surface area contributed by atoms with E-state index >= 15 is 0 Å². The zero-order valence-electron chi connectivity index (χ0n) is 9.91. The highest BCUT2D eigenvalue weighted by atomic mass is 127. The van der Waals surface area contributed by atoms with Crippen molar-refractivity contribution < 1.29 is 0 Å². The lowest BCUT2D eigenvalue weighted by Crippen LogP contribution is -2.33. The van der Waals surface area contributed by atoms with E-state index in [0.717, 1.165) is 0 Å². The Labute approximate surface area is 112 Å². The smallest absolute Gasteiger partial charge is 0.0294 e. The molecule has 1 aliphatic rings. The molecule has 2 atom stereocenters. The summed E-state index contributed by atoms with van der Waals surface area (Å²) in [6.07, 6.45) is 1.27. The van der Waals surface area contributed by atoms with Crippen LogP contribution in [0.1, 0.15) is 24.9 Å². The summed E-state index contributed by atoms with van der Waals surface area (Å²) in [7, 11) is 2.19. The Morgan fingerprint density at radius 3 is 2.62 bits per heavy atom. The van der Waals surface area contributed by atoms with Crippen molar-refractivity contribution in [3.05, 3.63) is 33.4 Å². The lowest BCUT2D eigenvalue weighted by Gasteiger charge is -2.19. The van der Waals surface area contributed by atoms with Crippen LogP contribution in [0.5, 0.6) is 0 Å². The van der Waals surface area contributed by atoms with Crippen LogP contribution >= 0.6 is 22.6 Å². The van der Waals surface area contributed by atoms with Crippen molar-refractivity contribution in [1.29, 1.82) is 0 Å². The van der Waals surface area contributed by atoms with Gasteiger partial charge in [0.05, 0.1) is 0 Å². The van der Waals surface area contributed by atoms with Gasteiger partial charge in [0.1, 0.15) is 0 Å². The van der Waals surface area contributed by atoms with Crippen LogP contribution in [-0.2, 0) is 0 Å². The molecule has 0 saturated carbocycles. The quantitative estimate of drug-likeness (QED) is 0.858. The summed E-state index contributed by atoms with van der Waals surface area (Å²) in [5, 5.41) is 3.70. The molecular formula is C13H19IN2. The van der Waals surface area contributed by atoms with Gasteiger partial charge in [-0.1, -0.05) is 12.1 Å². The highest BCUT2D eigenvalue weighted by Gasteiger charge is 2.20. The van der Waals surface area contributed by atoms with E-state index in [0.29, 0.717) is 12.1 Å². The summed E-state index contributed by atoms with van der Waals surface area (Å²) >= 11 is 2.35. The molecular weight excluding hydrogens is 311 g/mol. The first-order valence-corrected chi connectivity index (χ1v) is 6.93. The summed E-state index contributed by atoms with van der Waals surface area (Å²) in [5.74, 6) is 0. The largest absolute Gasteiger partial charge is 0.306 e. The average Bonchev–Trinajstić information content (AvgIpc) is 2.65. The maximum Gasteiger partial charge on any atom is 0.0294 e. The van der Waals surface area contributed by atoms with Crippen LogP contribution in [0.2, 0.25) is 0 Å². The van der Waals surface area contributed by atoms with Crippen molar-refractivity contribution >= 4 is 22.6 Å². The van der Waals surface area contributed by atoms with Crippen LogP contribution in [0.4, 0.5) is 0 Å². The van der Waals surface area contributed by atoms with E-state index in [2.05, 4.69) is 71.0 Å². The zero-order valence-corrected chi connectivity index (χ0v) is 12.1. The molecule has 1 aromatic rings. The third-order valence-electron chi connectivity index (χ3n) is 3.25. The molecule has 0 radical (unpaired) electrons. The molecule has 0 aromatic heterocycles. The van der Waals surface area contributed by atoms with Gasteiger partial charge in [-0.25, -0.2) is 0 Å². The lowest BCUT2D eigenvalue weighted by atomic mass is 10.1. The number of rotatable bonds is 3. The van der Waals surface area contributed by atoms with Gasteiger partial charge in [-0.05, 0) is 67.2 Å². The first-order valence-electron chi connectivity index (χ1n) is 5.85. The Hall–Kier alpha value is -0.130. The number of likely N-dealkylation sites (N-methyl/N-ethyl adjacent to an activating group) is 1. The topological polar surface area (TPSA) is 15.3 Å². The fourth-order valence-electron chi connectivity index (χ4n) is 2.27. The predicted octanol–water partition coefficient (Wildman–Crippen LogP) is 2.65. The van der Waals surface area contributed by atoms with Gasteiger partial charge < -0.3 is 10.2 Å². The van der Waals surface area contributed by atoms with Crippen molar-refractivity contribution in [2.45, 2.75) is 25.4 Å².